The zero-order chi connectivity index (χ0) is 21.2. The summed E-state index contributed by atoms with van der Waals surface area (Å²) in [7, 11) is 0. The van der Waals surface area contributed by atoms with Crippen LogP contribution in [-0.4, -0.2) is 70.3 Å². The number of ether oxygens (including phenoxy) is 1. The third kappa shape index (κ3) is 2.80. The second-order valence-corrected chi connectivity index (χ2v) is 9.91. The highest BCUT2D eigenvalue weighted by molar-refractivity contribution is 7.13. The van der Waals surface area contributed by atoms with E-state index in [0.717, 1.165) is 28.4 Å². The van der Waals surface area contributed by atoms with E-state index in [1.165, 1.54) is 11.3 Å². The molecule has 4 aliphatic rings. The quantitative estimate of drug-likeness (QED) is 0.541. The van der Waals surface area contributed by atoms with Crippen molar-refractivity contribution >= 4 is 28.9 Å². The monoisotopic (exact) mass is 429 g/mol. The van der Waals surface area contributed by atoms with Gasteiger partial charge in [-0.3, -0.25) is 14.4 Å². The Morgan fingerprint density at radius 3 is 2.70 bits per heavy atom. The van der Waals surface area contributed by atoms with Crippen LogP contribution in [0.2, 0.25) is 0 Å². The summed E-state index contributed by atoms with van der Waals surface area (Å²) >= 11 is 1.49. The number of Topliss-reactive ketones (excluding diaryl/α,β-unsaturated/α-hetero) is 1. The Morgan fingerprint density at radius 1 is 1.33 bits per heavy atom. The van der Waals surface area contributed by atoms with E-state index < -0.39 is 17.4 Å². The Bertz CT molecular complexity index is 948. The van der Waals surface area contributed by atoms with E-state index in [9.17, 15) is 14.4 Å². The number of carbonyl (C=O) groups excluding carboxylic acids is 3. The number of likely N-dealkylation sites (tertiary alicyclic amines) is 2. The second-order valence-electron chi connectivity index (χ2n) is 8.87. The number of piperidine rings is 1. The van der Waals surface area contributed by atoms with Crippen LogP contribution in [0, 0.1) is 18.8 Å². The van der Waals surface area contributed by atoms with Crippen molar-refractivity contribution in [3.05, 3.63) is 27.7 Å². The number of rotatable bonds is 4. The minimum atomic E-state index is -0.613. The topological polar surface area (TPSA) is 79.8 Å². The van der Waals surface area contributed by atoms with E-state index in [-0.39, 0.29) is 29.6 Å². The fourth-order valence-electron chi connectivity index (χ4n) is 5.60. The molecule has 5 rings (SSSR count). The molecule has 0 aliphatic carbocycles. The van der Waals surface area contributed by atoms with Gasteiger partial charge < -0.3 is 14.5 Å². The van der Waals surface area contributed by atoms with Crippen molar-refractivity contribution in [2.24, 2.45) is 11.8 Å². The van der Waals surface area contributed by atoms with Crippen LogP contribution in [0.3, 0.4) is 0 Å². The molecule has 2 bridgehead atoms. The first-order valence-corrected chi connectivity index (χ1v) is 11.6. The van der Waals surface area contributed by atoms with Crippen LogP contribution in [0.15, 0.2) is 12.2 Å². The van der Waals surface area contributed by atoms with Gasteiger partial charge in [0.1, 0.15) is 5.60 Å². The average Bonchev–Trinajstić information content (AvgIpc) is 3.47. The molecule has 2 amide bonds. The van der Waals surface area contributed by atoms with Gasteiger partial charge in [-0.25, -0.2) is 4.98 Å². The largest absolute Gasteiger partial charge is 0.360 e. The molecule has 1 spiro atoms. The molecule has 1 aromatic heterocycles. The van der Waals surface area contributed by atoms with Gasteiger partial charge in [-0.15, -0.1) is 11.3 Å². The number of likely N-dealkylation sites (N-methyl/N-ethyl adjacent to an activating group) is 1. The van der Waals surface area contributed by atoms with Crippen molar-refractivity contribution in [1.29, 1.82) is 0 Å². The minimum Gasteiger partial charge on any atom is -0.360 e. The number of hydrogen-bond donors (Lipinski definition) is 0. The van der Waals surface area contributed by atoms with E-state index in [0.29, 0.717) is 26.2 Å². The second kappa shape index (κ2) is 6.99. The Labute approximate surface area is 180 Å². The third-order valence-electron chi connectivity index (χ3n) is 7.13. The first kappa shape index (κ1) is 19.9. The maximum atomic E-state index is 13.4. The third-order valence-corrected chi connectivity index (χ3v) is 8.56. The highest BCUT2D eigenvalue weighted by atomic mass is 32.1. The number of thiazole rings is 1. The smallest absolute Gasteiger partial charge is 0.230 e. The lowest BCUT2D eigenvalue weighted by atomic mass is 9.76. The molecule has 5 heterocycles. The van der Waals surface area contributed by atoms with E-state index in [1.54, 1.807) is 11.8 Å². The van der Waals surface area contributed by atoms with Crippen LogP contribution in [0.5, 0.6) is 0 Å². The van der Waals surface area contributed by atoms with E-state index in [1.807, 2.05) is 30.9 Å². The van der Waals surface area contributed by atoms with Gasteiger partial charge in [0, 0.05) is 32.5 Å². The van der Waals surface area contributed by atoms with Crippen LogP contribution < -0.4 is 0 Å². The molecule has 0 N–H and O–H groups in total. The zero-order valence-corrected chi connectivity index (χ0v) is 18.4. The number of hydrogen-bond acceptors (Lipinski definition) is 6. The Kier molecular flexibility index (Phi) is 4.63. The lowest BCUT2D eigenvalue weighted by Crippen LogP contribution is -2.48. The Balaban J connectivity index is 1.29. The summed E-state index contributed by atoms with van der Waals surface area (Å²) in [6, 6.07) is 0. The Hall–Kier alpha value is -2.06. The van der Waals surface area contributed by atoms with Gasteiger partial charge in [-0.05, 0) is 26.7 Å². The number of aromatic nitrogens is 1. The van der Waals surface area contributed by atoms with Gasteiger partial charge in [0.2, 0.25) is 11.8 Å². The number of ketones is 1. The van der Waals surface area contributed by atoms with Gasteiger partial charge in [-0.1, -0.05) is 12.2 Å². The van der Waals surface area contributed by atoms with Gasteiger partial charge in [0.25, 0.3) is 0 Å². The summed E-state index contributed by atoms with van der Waals surface area (Å²) in [5.74, 6) is -0.380. The van der Waals surface area contributed by atoms with Crippen LogP contribution >= 0.6 is 11.3 Å². The molecule has 4 atom stereocenters. The van der Waals surface area contributed by atoms with Gasteiger partial charge in [0.15, 0.2) is 5.78 Å². The van der Waals surface area contributed by atoms with Crippen LogP contribution in [0.25, 0.3) is 0 Å². The van der Waals surface area contributed by atoms with Crippen molar-refractivity contribution < 1.29 is 19.1 Å². The van der Waals surface area contributed by atoms with Crippen molar-refractivity contribution in [3.63, 3.8) is 0 Å². The average molecular weight is 430 g/mol. The molecule has 160 valence electrons. The van der Waals surface area contributed by atoms with E-state index in [4.69, 9.17) is 4.74 Å². The minimum absolute atomic E-state index is 0.0423. The number of fused-ring (bicyclic) bond motifs is 1. The van der Waals surface area contributed by atoms with Gasteiger partial charge >= 0.3 is 0 Å². The van der Waals surface area contributed by atoms with Crippen molar-refractivity contribution in [1.82, 2.24) is 14.8 Å². The molecule has 8 heteroatoms. The molecule has 0 radical (unpaired) electrons. The van der Waals surface area contributed by atoms with Crippen molar-refractivity contribution in [3.8, 4) is 0 Å². The van der Waals surface area contributed by atoms with E-state index in [2.05, 4.69) is 4.98 Å². The lowest BCUT2D eigenvalue weighted by molar-refractivity contribution is -0.144. The summed E-state index contributed by atoms with van der Waals surface area (Å²) in [5, 5.41) is 1.000. The van der Waals surface area contributed by atoms with E-state index >= 15 is 0 Å². The first-order chi connectivity index (χ1) is 14.3. The predicted octanol–water partition coefficient (Wildman–Crippen LogP) is 2.16. The molecule has 7 nitrogen and oxygen atoms in total. The zero-order valence-electron chi connectivity index (χ0n) is 17.6. The molecular weight excluding hydrogens is 402 g/mol. The number of nitrogens with zero attached hydrogens (tertiary/aromatic N) is 3. The molecule has 1 aromatic rings. The normalized spacial score (nSPS) is 32.9. The molecule has 3 fully saturated rings. The van der Waals surface area contributed by atoms with Crippen LogP contribution in [0.1, 0.15) is 53.0 Å². The highest BCUT2D eigenvalue weighted by Crippen LogP contribution is 2.52. The number of amides is 2. The standard InChI is InChI=1S/C22H27N3O4S/c1-4-24-11-22-8-5-15(29-22)16(17(22)21(24)28)20(27)25-9-6-14(7-10-25)19-23-12(2)18(30-19)13(3)26/h5,8,14-17H,4,6-7,9-11H2,1-3H3/t15-,16-,17+,22-/m1/s1. The van der Waals surface area contributed by atoms with Crippen molar-refractivity contribution in [2.45, 2.75) is 51.2 Å². The molecule has 30 heavy (non-hydrogen) atoms. The lowest BCUT2D eigenvalue weighted by Gasteiger charge is -2.35. The summed E-state index contributed by atoms with van der Waals surface area (Å²) in [5.41, 5.74) is 0.190. The molecule has 0 saturated carbocycles. The van der Waals surface area contributed by atoms with Gasteiger partial charge in [0.05, 0.1) is 40.1 Å². The molecule has 4 aliphatic heterocycles. The fraction of sp³-hybridized carbons (Fsp3) is 0.636. The maximum Gasteiger partial charge on any atom is 0.230 e. The summed E-state index contributed by atoms with van der Waals surface area (Å²) in [6.07, 6.45) is 5.34. The Morgan fingerprint density at radius 2 is 2.07 bits per heavy atom. The highest BCUT2D eigenvalue weighted by Gasteiger charge is 2.67. The molecule has 3 saturated heterocycles. The van der Waals surface area contributed by atoms with Gasteiger partial charge in [-0.2, -0.15) is 0 Å². The maximum absolute atomic E-state index is 13.4. The summed E-state index contributed by atoms with van der Waals surface area (Å²) in [4.78, 5) is 47.2. The van der Waals surface area contributed by atoms with Crippen molar-refractivity contribution in [2.75, 3.05) is 26.2 Å². The SMILES string of the molecule is CCN1C[C@@]23C=C[C@@H](O2)[C@@H](C(=O)N2CCC(c4nc(C)c(C(C)=O)s4)CC2)[C@H]3C1=O. The number of carbonyl (C=O) groups is 3. The van der Waals surface area contributed by atoms with Crippen LogP contribution in [-0.2, 0) is 14.3 Å². The summed E-state index contributed by atoms with van der Waals surface area (Å²) < 4.78 is 6.18. The molecule has 0 aromatic carbocycles. The molecule has 0 unspecified atom stereocenters. The number of aryl methyl sites for hydroxylation is 1. The fourth-order valence-corrected chi connectivity index (χ4v) is 6.74. The first-order valence-electron chi connectivity index (χ1n) is 10.8. The summed E-state index contributed by atoms with van der Waals surface area (Å²) in [6.45, 7) is 7.91. The molecular formula is C22H27N3O4S. The van der Waals surface area contributed by atoms with Crippen LogP contribution in [0.4, 0.5) is 0 Å². The predicted molar refractivity (Wildman–Crippen MR) is 111 cm³/mol.